The number of aromatic amines is 1. The molecule has 4 aromatic rings. The van der Waals surface area contributed by atoms with Crippen molar-refractivity contribution >= 4 is 16.9 Å². The molecule has 1 amide bonds. The van der Waals surface area contributed by atoms with Gasteiger partial charge in [-0.25, -0.2) is 4.98 Å². The average Bonchev–Trinajstić information content (AvgIpc) is 3.16. The second-order valence-electron chi connectivity index (χ2n) is 6.49. The number of fused-ring (bicyclic) bond motifs is 1. The first-order valence-corrected chi connectivity index (χ1v) is 9.34. The summed E-state index contributed by atoms with van der Waals surface area (Å²) < 4.78 is 6.07. The molecule has 5 nitrogen and oxygen atoms in total. The first-order chi connectivity index (χ1) is 13.8. The summed E-state index contributed by atoms with van der Waals surface area (Å²) in [6, 6.07) is 19.5. The van der Waals surface area contributed by atoms with Crippen LogP contribution in [-0.4, -0.2) is 22.4 Å². The smallest absolute Gasteiger partial charge is 0.253 e. The van der Waals surface area contributed by atoms with Gasteiger partial charge in [0.25, 0.3) is 5.91 Å². The zero-order valence-electron chi connectivity index (χ0n) is 15.6. The Balaban J connectivity index is 1.73. The maximum atomic E-state index is 12.5. The number of nitrogens with one attached hydrogen (secondary N) is 2. The number of H-pyrrole nitrogens is 1. The van der Waals surface area contributed by atoms with E-state index in [1.807, 2.05) is 67.6 Å². The molecule has 0 atom stereocenters. The Morgan fingerprint density at radius 3 is 2.71 bits per heavy atom. The Labute approximate surface area is 163 Å². The molecule has 0 saturated carbocycles. The number of hydrogen-bond donors (Lipinski definition) is 2. The lowest BCUT2D eigenvalue weighted by Gasteiger charge is -2.11. The summed E-state index contributed by atoms with van der Waals surface area (Å²) in [4.78, 5) is 20.0. The summed E-state index contributed by atoms with van der Waals surface area (Å²) >= 11 is 0. The van der Waals surface area contributed by atoms with Gasteiger partial charge in [0, 0.05) is 35.5 Å². The van der Waals surface area contributed by atoms with E-state index >= 15 is 0 Å². The number of amides is 1. The molecule has 0 fully saturated rings. The molecule has 0 unspecified atom stereocenters. The maximum Gasteiger partial charge on any atom is 0.253 e. The van der Waals surface area contributed by atoms with Crippen LogP contribution in [-0.2, 0) is 0 Å². The van der Waals surface area contributed by atoms with Crippen LogP contribution in [0.4, 0.5) is 0 Å². The lowest BCUT2D eigenvalue weighted by atomic mass is 10.0. The molecule has 2 aromatic carbocycles. The molecule has 0 aliphatic heterocycles. The number of ether oxygens (including phenoxy) is 1. The predicted octanol–water partition coefficient (Wildman–Crippen LogP) is 5.16. The normalized spacial score (nSPS) is 10.8. The van der Waals surface area contributed by atoms with Crippen LogP contribution < -0.4 is 10.1 Å². The first kappa shape index (κ1) is 17.8. The van der Waals surface area contributed by atoms with E-state index in [0.29, 0.717) is 17.8 Å². The molecule has 5 heteroatoms. The molecule has 2 heterocycles. The van der Waals surface area contributed by atoms with Gasteiger partial charge in [0.2, 0.25) is 0 Å². The van der Waals surface area contributed by atoms with Gasteiger partial charge in [0.1, 0.15) is 17.1 Å². The standard InChI is InChI=1S/C23H21N3O2/c1-2-12-24-23(27)20-15-26-22-19(20)13-16(14-25-22)18-10-6-7-11-21(18)28-17-8-4-3-5-9-17/h3-11,13-15H,2,12H2,1H3,(H,24,27)(H,25,26). The Morgan fingerprint density at radius 2 is 1.89 bits per heavy atom. The maximum absolute atomic E-state index is 12.5. The van der Waals surface area contributed by atoms with Crippen molar-refractivity contribution in [2.24, 2.45) is 0 Å². The van der Waals surface area contributed by atoms with E-state index < -0.39 is 0 Å². The highest BCUT2D eigenvalue weighted by atomic mass is 16.5. The molecule has 140 valence electrons. The van der Waals surface area contributed by atoms with Crippen LogP contribution in [0.15, 0.2) is 73.1 Å². The van der Waals surface area contributed by atoms with Gasteiger partial charge >= 0.3 is 0 Å². The van der Waals surface area contributed by atoms with E-state index in [4.69, 9.17) is 4.74 Å². The number of rotatable bonds is 6. The molecule has 0 spiro atoms. The quantitative estimate of drug-likeness (QED) is 0.492. The van der Waals surface area contributed by atoms with Gasteiger partial charge in [-0.05, 0) is 30.7 Å². The van der Waals surface area contributed by atoms with Crippen LogP contribution in [0.1, 0.15) is 23.7 Å². The van der Waals surface area contributed by atoms with Crippen molar-refractivity contribution in [2.75, 3.05) is 6.54 Å². The van der Waals surface area contributed by atoms with E-state index in [-0.39, 0.29) is 5.91 Å². The molecule has 4 rings (SSSR count). The highest BCUT2D eigenvalue weighted by Crippen LogP contribution is 2.34. The third kappa shape index (κ3) is 3.60. The number of para-hydroxylation sites is 2. The van der Waals surface area contributed by atoms with Crippen molar-refractivity contribution in [3.8, 4) is 22.6 Å². The third-order valence-electron chi connectivity index (χ3n) is 4.48. The van der Waals surface area contributed by atoms with Gasteiger partial charge in [-0.1, -0.05) is 43.3 Å². The van der Waals surface area contributed by atoms with E-state index in [9.17, 15) is 4.79 Å². The molecule has 0 saturated heterocycles. The Hall–Kier alpha value is -3.60. The summed E-state index contributed by atoms with van der Waals surface area (Å²) in [5, 5.41) is 3.71. The summed E-state index contributed by atoms with van der Waals surface area (Å²) in [6.07, 6.45) is 4.39. The Bertz CT molecular complexity index is 1100. The minimum atomic E-state index is -0.0964. The van der Waals surface area contributed by atoms with Crippen LogP contribution in [0.25, 0.3) is 22.2 Å². The number of benzene rings is 2. The van der Waals surface area contributed by atoms with Crippen molar-refractivity contribution in [1.82, 2.24) is 15.3 Å². The highest BCUT2D eigenvalue weighted by Gasteiger charge is 2.15. The first-order valence-electron chi connectivity index (χ1n) is 9.34. The zero-order chi connectivity index (χ0) is 19.3. The fourth-order valence-corrected chi connectivity index (χ4v) is 3.08. The van der Waals surface area contributed by atoms with Crippen molar-refractivity contribution in [3.05, 3.63) is 78.6 Å². The van der Waals surface area contributed by atoms with E-state index in [1.54, 1.807) is 12.4 Å². The van der Waals surface area contributed by atoms with Crippen molar-refractivity contribution in [3.63, 3.8) is 0 Å². The number of hydrogen-bond acceptors (Lipinski definition) is 3. The minimum absolute atomic E-state index is 0.0964. The molecule has 28 heavy (non-hydrogen) atoms. The number of pyridine rings is 1. The zero-order valence-corrected chi connectivity index (χ0v) is 15.6. The number of nitrogens with zero attached hydrogens (tertiary/aromatic N) is 1. The average molecular weight is 371 g/mol. The molecule has 0 aliphatic rings. The molecule has 0 aliphatic carbocycles. The van der Waals surface area contributed by atoms with E-state index in [2.05, 4.69) is 15.3 Å². The van der Waals surface area contributed by atoms with Gasteiger partial charge in [-0.3, -0.25) is 4.79 Å². The van der Waals surface area contributed by atoms with Crippen molar-refractivity contribution in [2.45, 2.75) is 13.3 Å². The molecule has 2 aromatic heterocycles. The second kappa shape index (κ2) is 7.96. The molecular formula is C23H21N3O2. The Morgan fingerprint density at radius 1 is 1.11 bits per heavy atom. The van der Waals surface area contributed by atoms with Crippen LogP contribution in [0, 0.1) is 0 Å². The monoisotopic (exact) mass is 371 g/mol. The summed E-state index contributed by atoms with van der Waals surface area (Å²) in [5.41, 5.74) is 3.09. The van der Waals surface area contributed by atoms with Gasteiger partial charge in [-0.15, -0.1) is 0 Å². The second-order valence-corrected chi connectivity index (χ2v) is 6.49. The van der Waals surface area contributed by atoms with E-state index in [1.165, 1.54) is 0 Å². The lowest BCUT2D eigenvalue weighted by molar-refractivity contribution is 0.0955. The lowest BCUT2D eigenvalue weighted by Crippen LogP contribution is -2.23. The number of aromatic nitrogens is 2. The third-order valence-corrected chi connectivity index (χ3v) is 4.48. The molecule has 0 radical (unpaired) electrons. The van der Waals surface area contributed by atoms with Gasteiger partial charge in [0.05, 0.1) is 5.56 Å². The van der Waals surface area contributed by atoms with Crippen molar-refractivity contribution in [1.29, 1.82) is 0 Å². The summed E-state index contributed by atoms with van der Waals surface area (Å²) in [6.45, 7) is 2.67. The molecule has 0 bridgehead atoms. The van der Waals surface area contributed by atoms with Gasteiger partial charge in [-0.2, -0.15) is 0 Å². The Kier molecular flexibility index (Phi) is 5.06. The molecule has 2 N–H and O–H groups in total. The number of carbonyl (C=O) groups is 1. The minimum Gasteiger partial charge on any atom is -0.457 e. The van der Waals surface area contributed by atoms with Crippen molar-refractivity contribution < 1.29 is 9.53 Å². The number of carbonyl (C=O) groups excluding carboxylic acids is 1. The SMILES string of the molecule is CCCNC(=O)c1c[nH]c2ncc(-c3ccccc3Oc3ccccc3)cc12. The fraction of sp³-hybridized carbons (Fsp3) is 0.130. The van der Waals surface area contributed by atoms with Gasteiger partial charge < -0.3 is 15.0 Å². The topological polar surface area (TPSA) is 67.0 Å². The van der Waals surface area contributed by atoms with Crippen LogP contribution in [0.5, 0.6) is 11.5 Å². The van der Waals surface area contributed by atoms with Crippen LogP contribution >= 0.6 is 0 Å². The summed E-state index contributed by atoms with van der Waals surface area (Å²) in [7, 11) is 0. The molecular weight excluding hydrogens is 350 g/mol. The van der Waals surface area contributed by atoms with E-state index in [0.717, 1.165) is 34.4 Å². The summed E-state index contributed by atoms with van der Waals surface area (Å²) in [5.74, 6) is 1.41. The largest absolute Gasteiger partial charge is 0.457 e. The highest BCUT2D eigenvalue weighted by molar-refractivity contribution is 6.06. The van der Waals surface area contributed by atoms with Crippen LogP contribution in [0.3, 0.4) is 0 Å². The fourth-order valence-electron chi connectivity index (χ4n) is 3.08. The predicted molar refractivity (Wildman–Crippen MR) is 111 cm³/mol. The van der Waals surface area contributed by atoms with Crippen LogP contribution in [0.2, 0.25) is 0 Å². The van der Waals surface area contributed by atoms with Gasteiger partial charge in [0.15, 0.2) is 0 Å².